The Bertz CT molecular complexity index is 553. The molecule has 0 aromatic heterocycles. The lowest BCUT2D eigenvalue weighted by atomic mass is 10.1. The molecule has 1 aliphatic heterocycles. The maximum Gasteiger partial charge on any atom is 0.251 e. The van der Waals surface area contributed by atoms with Gasteiger partial charge in [0.2, 0.25) is 0 Å². The second kappa shape index (κ2) is 7.67. The molecule has 5 nitrogen and oxygen atoms in total. The van der Waals surface area contributed by atoms with Crippen LogP contribution in [0.2, 0.25) is 0 Å². The maximum absolute atomic E-state index is 12.1. The lowest BCUT2D eigenvalue weighted by Crippen LogP contribution is -2.29. The fourth-order valence-electron chi connectivity index (χ4n) is 2.17. The highest BCUT2D eigenvalue weighted by Gasteiger charge is 2.17. The number of ether oxygens (including phenoxy) is 2. The summed E-state index contributed by atoms with van der Waals surface area (Å²) in [7, 11) is 1.54. The van der Waals surface area contributed by atoms with Gasteiger partial charge in [0.1, 0.15) is 12.4 Å². The Kier molecular flexibility index (Phi) is 5.61. The van der Waals surface area contributed by atoms with Crippen molar-refractivity contribution in [3.63, 3.8) is 0 Å². The van der Waals surface area contributed by atoms with Crippen molar-refractivity contribution in [3.05, 3.63) is 29.3 Å². The summed E-state index contributed by atoms with van der Waals surface area (Å²) < 4.78 is 10.5. The molecule has 1 atom stereocenters. The molecule has 0 radical (unpaired) electrons. The molecule has 0 saturated carbocycles. The fourth-order valence-corrected chi connectivity index (χ4v) is 2.17. The normalized spacial score (nSPS) is 17.0. The van der Waals surface area contributed by atoms with Crippen molar-refractivity contribution in [2.45, 2.75) is 6.42 Å². The molecule has 2 rings (SSSR count). The Morgan fingerprint density at radius 2 is 2.43 bits per heavy atom. The van der Waals surface area contributed by atoms with Crippen molar-refractivity contribution in [2.75, 3.05) is 33.5 Å². The summed E-state index contributed by atoms with van der Waals surface area (Å²) in [6, 6.07) is 5.07. The zero-order valence-electron chi connectivity index (χ0n) is 12.0. The van der Waals surface area contributed by atoms with E-state index in [0.717, 1.165) is 13.0 Å². The topological polar surface area (TPSA) is 67.8 Å². The molecule has 0 spiro atoms. The summed E-state index contributed by atoms with van der Waals surface area (Å²) in [5.41, 5.74) is 1.11. The SMILES string of the molecule is COc1ccc(C(=O)NCC2CCOC2)cc1C#CCO. The van der Waals surface area contributed by atoms with Crippen LogP contribution >= 0.6 is 0 Å². The van der Waals surface area contributed by atoms with Crippen LogP contribution in [0.4, 0.5) is 0 Å². The van der Waals surface area contributed by atoms with Gasteiger partial charge in [-0.2, -0.15) is 0 Å². The van der Waals surface area contributed by atoms with Crippen LogP contribution < -0.4 is 10.1 Å². The number of nitrogens with one attached hydrogen (secondary N) is 1. The summed E-state index contributed by atoms with van der Waals surface area (Å²) >= 11 is 0. The number of aliphatic hydroxyl groups excluding tert-OH is 1. The Morgan fingerprint density at radius 3 is 3.10 bits per heavy atom. The zero-order valence-corrected chi connectivity index (χ0v) is 12.0. The Hall–Kier alpha value is -2.03. The van der Waals surface area contributed by atoms with Crippen molar-refractivity contribution in [1.29, 1.82) is 0 Å². The highest BCUT2D eigenvalue weighted by molar-refractivity contribution is 5.94. The third-order valence-electron chi connectivity index (χ3n) is 3.34. The quantitative estimate of drug-likeness (QED) is 0.805. The molecule has 1 fully saturated rings. The molecule has 0 aliphatic carbocycles. The molecule has 1 aromatic rings. The Morgan fingerprint density at radius 1 is 1.57 bits per heavy atom. The van der Waals surface area contributed by atoms with Crippen LogP contribution in [-0.2, 0) is 4.74 Å². The minimum atomic E-state index is -0.235. The lowest BCUT2D eigenvalue weighted by Gasteiger charge is -2.10. The summed E-state index contributed by atoms with van der Waals surface area (Å²) in [6.45, 7) is 1.85. The van der Waals surface area contributed by atoms with Gasteiger partial charge in [-0.05, 0) is 24.6 Å². The van der Waals surface area contributed by atoms with E-state index < -0.39 is 0 Å². The van der Waals surface area contributed by atoms with Gasteiger partial charge in [0, 0.05) is 24.6 Å². The predicted molar refractivity (Wildman–Crippen MR) is 78.2 cm³/mol. The van der Waals surface area contributed by atoms with E-state index in [9.17, 15) is 4.79 Å². The van der Waals surface area contributed by atoms with Crippen molar-refractivity contribution < 1.29 is 19.4 Å². The van der Waals surface area contributed by atoms with Gasteiger partial charge < -0.3 is 19.9 Å². The minimum Gasteiger partial charge on any atom is -0.495 e. The van der Waals surface area contributed by atoms with Crippen LogP contribution in [-0.4, -0.2) is 44.5 Å². The van der Waals surface area contributed by atoms with Gasteiger partial charge in [-0.15, -0.1) is 0 Å². The average Bonchev–Trinajstić information content (AvgIpc) is 3.03. The second-order valence-corrected chi connectivity index (χ2v) is 4.81. The lowest BCUT2D eigenvalue weighted by molar-refractivity contribution is 0.0945. The summed E-state index contributed by atoms with van der Waals surface area (Å²) in [5, 5.41) is 11.7. The highest BCUT2D eigenvalue weighted by Crippen LogP contribution is 2.19. The number of benzene rings is 1. The van der Waals surface area contributed by atoms with Gasteiger partial charge >= 0.3 is 0 Å². The number of amides is 1. The number of hydrogen-bond donors (Lipinski definition) is 2. The van der Waals surface area contributed by atoms with E-state index >= 15 is 0 Å². The zero-order chi connectivity index (χ0) is 15.1. The Balaban J connectivity index is 2.05. The third-order valence-corrected chi connectivity index (χ3v) is 3.34. The second-order valence-electron chi connectivity index (χ2n) is 4.81. The van der Waals surface area contributed by atoms with E-state index in [2.05, 4.69) is 17.2 Å². The highest BCUT2D eigenvalue weighted by atomic mass is 16.5. The van der Waals surface area contributed by atoms with E-state index in [4.69, 9.17) is 14.6 Å². The Labute approximate surface area is 124 Å². The van der Waals surface area contributed by atoms with Gasteiger partial charge in [0.25, 0.3) is 5.91 Å². The third kappa shape index (κ3) is 4.22. The van der Waals surface area contributed by atoms with E-state index in [1.807, 2.05) is 0 Å². The smallest absolute Gasteiger partial charge is 0.251 e. The first-order chi connectivity index (χ1) is 10.2. The molecule has 2 N–H and O–H groups in total. The number of carbonyl (C=O) groups is 1. The summed E-state index contributed by atoms with van der Waals surface area (Å²) in [5.74, 6) is 6.17. The van der Waals surface area contributed by atoms with Gasteiger partial charge in [0.15, 0.2) is 0 Å². The molecular formula is C16H19NO4. The van der Waals surface area contributed by atoms with E-state index in [1.54, 1.807) is 25.3 Å². The van der Waals surface area contributed by atoms with Crippen LogP contribution in [0.5, 0.6) is 5.75 Å². The molecule has 1 aliphatic rings. The molecule has 1 aromatic carbocycles. The van der Waals surface area contributed by atoms with E-state index in [0.29, 0.717) is 35.9 Å². The number of aliphatic hydroxyl groups is 1. The number of hydrogen-bond acceptors (Lipinski definition) is 4. The van der Waals surface area contributed by atoms with Gasteiger partial charge in [-0.1, -0.05) is 11.8 Å². The van der Waals surface area contributed by atoms with Crippen LogP contribution in [0.1, 0.15) is 22.3 Å². The standard InChI is InChI=1S/C16H19NO4/c1-20-15-5-4-14(9-13(15)3-2-7-18)16(19)17-10-12-6-8-21-11-12/h4-5,9,12,18H,6-8,10-11H2,1H3,(H,17,19). The molecule has 112 valence electrons. The molecule has 1 amide bonds. The van der Waals surface area contributed by atoms with Gasteiger partial charge in [-0.3, -0.25) is 4.79 Å². The molecule has 1 saturated heterocycles. The van der Waals surface area contributed by atoms with E-state index in [-0.39, 0.29) is 12.5 Å². The molecule has 0 bridgehead atoms. The first-order valence-electron chi connectivity index (χ1n) is 6.88. The number of methoxy groups -OCH3 is 1. The number of carbonyl (C=O) groups excluding carboxylic acids is 1. The van der Waals surface area contributed by atoms with Crippen molar-refractivity contribution in [1.82, 2.24) is 5.32 Å². The van der Waals surface area contributed by atoms with Crippen molar-refractivity contribution >= 4 is 5.91 Å². The van der Waals surface area contributed by atoms with Gasteiger partial charge in [-0.25, -0.2) is 0 Å². The predicted octanol–water partition coefficient (Wildman–Crippen LogP) is 0.805. The van der Waals surface area contributed by atoms with Crippen LogP contribution in [0, 0.1) is 17.8 Å². The summed E-state index contributed by atoms with van der Waals surface area (Å²) in [4.78, 5) is 12.1. The van der Waals surface area contributed by atoms with Crippen molar-refractivity contribution in [3.8, 4) is 17.6 Å². The summed E-state index contributed by atoms with van der Waals surface area (Å²) in [6.07, 6.45) is 0.982. The maximum atomic E-state index is 12.1. The fraction of sp³-hybridized carbons (Fsp3) is 0.438. The molecule has 1 heterocycles. The van der Waals surface area contributed by atoms with Crippen LogP contribution in [0.3, 0.4) is 0 Å². The minimum absolute atomic E-state index is 0.142. The molecular weight excluding hydrogens is 270 g/mol. The molecule has 21 heavy (non-hydrogen) atoms. The monoisotopic (exact) mass is 289 g/mol. The largest absolute Gasteiger partial charge is 0.495 e. The first-order valence-corrected chi connectivity index (χ1v) is 6.88. The number of rotatable bonds is 4. The van der Waals surface area contributed by atoms with Gasteiger partial charge in [0.05, 0.1) is 19.3 Å². The first kappa shape index (κ1) is 15.4. The molecule has 1 unspecified atom stereocenters. The average molecular weight is 289 g/mol. The van der Waals surface area contributed by atoms with E-state index in [1.165, 1.54) is 0 Å². The van der Waals surface area contributed by atoms with Crippen molar-refractivity contribution in [2.24, 2.45) is 5.92 Å². The molecule has 5 heteroatoms. The van der Waals surface area contributed by atoms with Crippen LogP contribution in [0.25, 0.3) is 0 Å². The van der Waals surface area contributed by atoms with Crippen LogP contribution in [0.15, 0.2) is 18.2 Å².